The van der Waals surface area contributed by atoms with Crippen molar-refractivity contribution in [1.82, 2.24) is 0 Å². The molecule has 1 aliphatic rings. The van der Waals surface area contributed by atoms with Crippen molar-refractivity contribution >= 4 is 15.6 Å². The minimum absolute atomic E-state index is 0.0871. The molecule has 1 aliphatic heterocycles. The molecule has 2 unspecified atom stereocenters. The number of sulfone groups is 1. The fraction of sp³-hybridized carbons (Fsp3) is 0.381. The Labute approximate surface area is 150 Å². The molecule has 0 aliphatic carbocycles. The zero-order valence-electron chi connectivity index (χ0n) is 14.7. The van der Waals surface area contributed by atoms with Crippen LogP contribution in [0.25, 0.3) is 11.1 Å². The van der Waals surface area contributed by atoms with Gasteiger partial charge in [-0.15, -0.1) is 0 Å². The summed E-state index contributed by atoms with van der Waals surface area (Å²) >= 11 is 0. The van der Waals surface area contributed by atoms with Gasteiger partial charge in [-0.05, 0) is 36.0 Å². The van der Waals surface area contributed by atoms with E-state index in [-0.39, 0.29) is 23.4 Å². The molecule has 0 N–H and O–H groups in total. The van der Waals surface area contributed by atoms with Crippen molar-refractivity contribution in [1.29, 1.82) is 0 Å². The minimum atomic E-state index is -3.21. The number of hydrogen-bond donors (Lipinski definition) is 0. The van der Waals surface area contributed by atoms with E-state index in [0.717, 1.165) is 11.1 Å². The molecule has 0 bridgehead atoms. The van der Waals surface area contributed by atoms with Gasteiger partial charge < -0.3 is 0 Å². The standard InChI is InChI=1S/C21H24O3S/c1-15(2)21-12-11-19(25(21,23)24)14-20(22)18-10-6-9-17(13-18)16-7-4-3-5-8-16/h3-10,13,15,19,21H,11-12,14H2,1-2H3. The smallest absolute Gasteiger partial charge is 0.164 e. The SMILES string of the molecule is CC(C)C1CCC(CC(=O)c2cccc(-c3ccccc3)c2)S1(=O)=O. The van der Waals surface area contributed by atoms with E-state index >= 15 is 0 Å². The first-order chi connectivity index (χ1) is 11.9. The number of Topliss-reactive ketones (excluding diaryl/α,β-unsaturated/α-hetero) is 1. The molecule has 1 heterocycles. The molecule has 2 atom stereocenters. The third-order valence-corrected chi connectivity index (χ3v) is 8.06. The molecule has 1 saturated heterocycles. The van der Waals surface area contributed by atoms with E-state index in [9.17, 15) is 13.2 Å². The zero-order chi connectivity index (χ0) is 18.0. The van der Waals surface area contributed by atoms with Gasteiger partial charge in [0.15, 0.2) is 15.6 Å². The highest BCUT2D eigenvalue weighted by molar-refractivity contribution is 7.93. The average Bonchev–Trinajstić information content (AvgIpc) is 2.90. The maximum Gasteiger partial charge on any atom is 0.164 e. The molecular formula is C21H24O3S. The Balaban J connectivity index is 1.79. The van der Waals surface area contributed by atoms with Crippen LogP contribution < -0.4 is 0 Å². The van der Waals surface area contributed by atoms with Crippen LogP contribution >= 0.6 is 0 Å². The fourth-order valence-electron chi connectivity index (χ4n) is 3.68. The van der Waals surface area contributed by atoms with E-state index in [4.69, 9.17) is 0 Å². The molecule has 0 saturated carbocycles. The first-order valence-electron chi connectivity index (χ1n) is 8.81. The van der Waals surface area contributed by atoms with Crippen LogP contribution in [-0.2, 0) is 9.84 Å². The van der Waals surface area contributed by atoms with Gasteiger partial charge in [-0.25, -0.2) is 8.42 Å². The summed E-state index contributed by atoms with van der Waals surface area (Å²) in [6.45, 7) is 3.88. The van der Waals surface area contributed by atoms with Crippen LogP contribution in [0.5, 0.6) is 0 Å². The summed E-state index contributed by atoms with van der Waals surface area (Å²) in [5.74, 6) is 0.0160. The Hall–Kier alpha value is -1.94. The van der Waals surface area contributed by atoms with Crippen LogP contribution in [0, 0.1) is 5.92 Å². The zero-order valence-corrected chi connectivity index (χ0v) is 15.5. The topological polar surface area (TPSA) is 51.2 Å². The Morgan fingerprint density at radius 1 is 1.00 bits per heavy atom. The van der Waals surface area contributed by atoms with Crippen molar-refractivity contribution in [3.05, 3.63) is 60.2 Å². The lowest BCUT2D eigenvalue weighted by atomic mass is 9.98. The first kappa shape index (κ1) is 17.9. The summed E-state index contributed by atoms with van der Waals surface area (Å²) < 4.78 is 25.3. The summed E-state index contributed by atoms with van der Waals surface area (Å²) in [6.07, 6.45) is 1.35. The van der Waals surface area contributed by atoms with Crippen LogP contribution in [0.4, 0.5) is 0 Å². The van der Waals surface area contributed by atoms with Gasteiger partial charge in [-0.3, -0.25) is 4.79 Å². The van der Waals surface area contributed by atoms with Gasteiger partial charge in [0, 0.05) is 12.0 Å². The summed E-state index contributed by atoms with van der Waals surface area (Å²) in [7, 11) is -3.21. The number of rotatable bonds is 5. The molecule has 0 amide bonds. The lowest BCUT2D eigenvalue weighted by molar-refractivity contribution is 0.0981. The molecule has 3 rings (SSSR count). The summed E-state index contributed by atoms with van der Waals surface area (Å²) in [5, 5.41) is -0.839. The molecule has 0 aromatic heterocycles. The molecular weight excluding hydrogens is 332 g/mol. The van der Waals surface area contributed by atoms with E-state index in [1.165, 1.54) is 0 Å². The van der Waals surface area contributed by atoms with Crippen molar-refractivity contribution in [2.24, 2.45) is 5.92 Å². The van der Waals surface area contributed by atoms with Crippen molar-refractivity contribution in [3.8, 4) is 11.1 Å². The summed E-state index contributed by atoms with van der Waals surface area (Å²) in [6, 6.07) is 17.3. The lowest BCUT2D eigenvalue weighted by Gasteiger charge is -2.16. The molecule has 2 aromatic carbocycles. The molecule has 4 heteroatoms. The second-order valence-corrected chi connectivity index (χ2v) is 9.60. The number of carbonyl (C=O) groups is 1. The first-order valence-corrected chi connectivity index (χ1v) is 10.4. The van der Waals surface area contributed by atoms with E-state index < -0.39 is 15.1 Å². The van der Waals surface area contributed by atoms with Crippen LogP contribution in [0.3, 0.4) is 0 Å². The van der Waals surface area contributed by atoms with E-state index in [1.54, 1.807) is 6.07 Å². The predicted molar refractivity (Wildman–Crippen MR) is 101 cm³/mol. The monoisotopic (exact) mass is 356 g/mol. The van der Waals surface area contributed by atoms with Crippen molar-refractivity contribution < 1.29 is 13.2 Å². The van der Waals surface area contributed by atoms with Crippen LogP contribution in [0.1, 0.15) is 43.5 Å². The Kier molecular flexibility index (Phi) is 5.09. The van der Waals surface area contributed by atoms with Gasteiger partial charge in [-0.2, -0.15) is 0 Å². The second kappa shape index (κ2) is 7.12. The van der Waals surface area contributed by atoms with Crippen molar-refractivity contribution in [3.63, 3.8) is 0 Å². The van der Waals surface area contributed by atoms with E-state index in [1.807, 2.05) is 62.4 Å². The maximum absolute atomic E-state index is 12.7. The third kappa shape index (κ3) is 3.69. The molecule has 0 spiro atoms. The molecule has 25 heavy (non-hydrogen) atoms. The lowest BCUT2D eigenvalue weighted by Crippen LogP contribution is -2.28. The van der Waals surface area contributed by atoms with Gasteiger partial charge in [0.25, 0.3) is 0 Å². The highest BCUT2D eigenvalue weighted by Gasteiger charge is 2.42. The molecule has 2 aromatic rings. The normalized spacial score (nSPS) is 22.2. The van der Waals surface area contributed by atoms with Crippen LogP contribution in [-0.4, -0.2) is 24.7 Å². The summed E-state index contributed by atoms with van der Waals surface area (Å²) in [4.78, 5) is 12.7. The third-order valence-electron chi connectivity index (χ3n) is 5.11. The van der Waals surface area contributed by atoms with Gasteiger partial charge in [-0.1, -0.05) is 62.4 Å². The quantitative estimate of drug-likeness (QED) is 0.740. The largest absolute Gasteiger partial charge is 0.294 e. The number of ketones is 1. The van der Waals surface area contributed by atoms with Gasteiger partial charge in [0.2, 0.25) is 0 Å². The van der Waals surface area contributed by atoms with Gasteiger partial charge in [0.1, 0.15) is 0 Å². The Morgan fingerprint density at radius 3 is 2.32 bits per heavy atom. The molecule has 1 fully saturated rings. The molecule has 132 valence electrons. The second-order valence-electron chi connectivity index (χ2n) is 7.14. The Bertz CT molecular complexity index is 854. The van der Waals surface area contributed by atoms with Crippen LogP contribution in [0.15, 0.2) is 54.6 Å². The fourth-order valence-corrected chi connectivity index (χ4v) is 6.25. The average molecular weight is 356 g/mol. The minimum Gasteiger partial charge on any atom is -0.294 e. The van der Waals surface area contributed by atoms with E-state index in [2.05, 4.69) is 0 Å². The van der Waals surface area contributed by atoms with Gasteiger partial charge >= 0.3 is 0 Å². The molecule has 0 radical (unpaired) electrons. The van der Waals surface area contributed by atoms with E-state index in [0.29, 0.717) is 18.4 Å². The van der Waals surface area contributed by atoms with Crippen molar-refractivity contribution in [2.45, 2.75) is 43.6 Å². The maximum atomic E-state index is 12.7. The van der Waals surface area contributed by atoms with Crippen molar-refractivity contribution in [2.75, 3.05) is 0 Å². The highest BCUT2D eigenvalue weighted by atomic mass is 32.2. The number of benzene rings is 2. The Morgan fingerprint density at radius 2 is 1.68 bits per heavy atom. The van der Waals surface area contributed by atoms with Gasteiger partial charge in [0.05, 0.1) is 10.5 Å². The molecule has 3 nitrogen and oxygen atoms in total. The van der Waals surface area contributed by atoms with Crippen LogP contribution in [0.2, 0.25) is 0 Å². The number of carbonyl (C=O) groups excluding carboxylic acids is 1. The summed E-state index contributed by atoms with van der Waals surface area (Å²) in [5.41, 5.74) is 2.61. The number of hydrogen-bond acceptors (Lipinski definition) is 3. The highest BCUT2D eigenvalue weighted by Crippen LogP contribution is 2.34. The predicted octanol–water partition coefficient (Wildman–Crippen LogP) is 4.53.